The molecule has 0 heterocycles. The van der Waals surface area contributed by atoms with Crippen LogP contribution in [0.1, 0.15) is 63.0 Å². The summed E-state index contributed by atoms with van der Waals surface area (Å²) in [4.78, 5) is 0. The van der Waals surface area contributed by atoms with Gasteiger partial charge in [0.15, 0.2) is 0 Å². The molecular formula is C19H29NO. The fraction of sp³-hybridized carbons (Fsp3) is 0.684. The van der Waals surface area contributed by atoms with E-state index in [1.54, 1.807) is 0 Å². The number of nitrogens with two attached hydrogens (primary N) is 1. The van der Waals surface area contributed by atoms with Gasteiger partial charge in [0.2, 0.25) is 0 Å². The van der Waals surface area contributed by atoms with E-state index < -0.39 is 5.60 Å². The number of hydrogen-bond acceptors (Lipinski definition) is 2. The molecule has 0 radical (unpaired) electrons. The van der Waals surface area contributed by atoms with E-state index >= 15 is 0 Å². The lowest BCUT2D eigenvalue weighted by Gasteiger charge is -2.50. The van der Waals surface area contributed by atoms with Gasteiger partial charge in [0.05, 0.1) is 5.60 Å². The molecule has 21 heavy (non-hydrogen) atoms. The molecule has 3 atom stereocenters. The first-order valence-corrected chi connectivity index (χ1v) is 8.62. The Hall–Kier alpha value is -0.860. The minimum Gasteiger partial charge on any atom is -0.389 e. The molecule has 116 valence electrons. The molecule has 1 aromatic rings. The number of aliphatic hydroxyl groups is 1. The van der Waals surface area contributed by atoms with Gasteiger partial charge in [-0.25, -0.2) is 0 Å². The summed E-state index contributed by atoms with van der Waals surface area (Å²) in [5.41, 5.74) is 8.17. The minimum atomic E-state index is -0.622. The predicted octanol–water partition coefficient (Wildman–Crippen LogP) is 3.55. The lowest BCUT2D eigenvalue weighted by atomic mass is 9.58. The van der Waals surface area contributed by atoms with Crippen LogP contribution in [0.4, 0.5) is 0 Å². The van der Waals surface area contributed by atoms with Crippen molar-refractivity contribution in [3.05, 3.63) is 35.4 Å². The highest BCUT2D eigenvalue weighted by molar-refractivity contribution is 5.40. The molecule has 0 aromatic heterocycles. The topological polar surface area (TPSA) is 46.2 Å². The van der Waals surface area contributed by atoms with Crippen molar-refractivity contribution in [3.8, 4) is 0 Å². The van der Waals surface area contributed by atoms with Crippen LogP contribution in [0.2, 0.25) is 0 Å². The summed E-state index contributed by atoms with van der Waals surface area (Å²) < 4.78 is 0. The third kappa shape index (κ3) is 2.43. The summed E-state index contributed by atoms with van der Waals surface area (Å²) in [6.45, 7) is 2.88. The predicted molar refractivity (Wildman–Crippen MR) is 87.3 cm³/mol. The Morgan fingerprint density at radius 1 is 1.14 bits per heavy atom. The maximum Gasteiger partial charge on any atom is 0.0756 e. The third-order valence-electron chi connectivity index (χ3n) is 6.16. The number of fused-ring (bicyclic) bond motifs is 1. The van der Waals surface area contributed by atoms with Crippen molar-refractivity contribution >= 4 is 0 Å². The number of rotatable bonds is 2. The van der Waals surface area contributed by atoms with Crippen LogP contribution in [0, 0.1) is 5.92 Å². The Morgan fingerprint density at radius 2 is 1.95 bits per heavy atom. The maximum absolute atomic E-state index is 11.6. The zero-order valence-corrected chi connectivity index (χ0v) is 13.3. The zero-order chi connectivity index (χ0) is 14.9. The standard InChI is InChI=1S/C19H29NO/c1-15-6-4-12-19(21,13-10-15)18(14-20)11-5-8-16-7-2-3-9-17(16)18/h2-3,7,9,15,21H,4-6,8,10-14,20H2,1H3. The quantitative estimate of drug-likeness (QED) is 0.817. The van der Waals surface area contributed by atoms with Crippen LogP contribution in [0.3, 0.4) is 0 Å². The smallest absolute Gasteiger partial charge is 0.0756 e. The second kappa shape index (κ2) is 5.73. The van der Waals surface area contributed by atoms with E-state index in [2.05, 4.69) is 31.2 Å². The molecule has 0 aliphatic heterocycles. The lowest BCUT2D eigenvalue weighted by molar-refractivity contribution is -0.0579. The summed E-state index contributed by atoms with van der Waals surface area (Å²) in [6, 6.07) is 8.66. The SMILES string of the molecule is CC1CCCC(O)(C2(CN)CCCc3ccccc32)CC1. The highest BCUT2D eigenvalue weighted by atomic mass is 16.3. The van der Waals surface area contributed by atoms with Gasteiger partial charge >= 0.3 is 0 Å². The van der Waals surface area contributed by atoms with Crippen molar-refractivity contribution < 1.29 is 5.11 Å². The highest BCUT2D eigenvalue weighted by Gasteiger charge is 2.51. The average Bonchev–Trinajstić information content (AvgIpc) is 2.69. The van der Waals surface area contributed by atoms with E-state index in [1.807, 2.05) is 0 Å². The Morgan fingerprint density at radius 3 is 2.76 bits per heavy atom. The summed E-state index contributed by atoms with van der Waals surface area (Å²) in [5.74, 6) is 0.729. The Balaban J connectivity index is 2.04. The van der Waals surface area contributed by atoms with Crippen LogP contribution in [0.15, 0.2) is 24.3 Å². The second-order valence-corrected chi connectivity index (χ2v) is 7.36. The first kappa shape index (κ1) is 15.1. The van der Waals surface area contributed by atoms with Crippen molar-refractivity contribution in [1.82, 2.24) is 0 Å². The van der Waals surface area contributed by atoms with Gasteiger partial charge in [-0.1, -0.05) is 44.0 Å². The number of aryl methyl sites for hydroxylation is 1. The molecule has 1 aromatic carbocycles. The monoisotopic (exact) mass is 287 g/mol. The molecule has 2 aliphatic rings. The Labute approximate surface area is 128 Å². The minimum absolute atomic E-state index is 0.230. The van der Waals surface area contributed by atoms with Gasteiger partial charge in [-0.3, -0.25) is 0 Å². The molecule has 2 heteroatoms. The molecule has 3 unspecified atom stereocenters. The van der Waals surface area contributed by atoms with Crippen LogP contribution in [0.25, 0.3) is 0 Å². The van der Waals surface area contributed by atoms with Crippen LogP contribution in [0.5, 0.6) is 0 Å². The Bertz CT molecular complexity index is 500. The maximum atomic E-state index is 11.6. The molecule has 1 saturated carbocycles. The largest absolute Gasteiger partial charge is 0.389 e. The van der Waals surface area contributed by atoms with Gasteiger partial charge < -0.3 is 10.8 Å². The van der Waals surface area contributed by atoms with Gasteiger partial charge in [-0.15, -0.1) is 0 Å². The molecule has 1 fully saturated rings. The number of hydrogen-bond donors (Lipinski definition) is 2. The van der Waals surface area contributed by atoms with E-state index in [0.29, 0.717) is 6.54 Å². The van der Waals surface area contributed by atoms with Gasteiger partial charge in [-0.05, 0) is 55.6 Å². The average molecular weight is 287 g/mol. The zero-order valence-electron chi connectivity index (χ0n) is 13.3. The molecule has 0 spiro atoms. The van der Waals surface area contributed by atoms with E-state index in [1.165, 1.54) is 17.5 Å². The molecule has 0 saturated heterocycles. The lowest BCUT2D eigenvalue weighted by Crippen LogP contribution is -2.57. The van der Waals surface area contributed by atoms with Crippen molar-refractivity contribution in [2.45, 2.75) is 69.3 Å². The van der Waals surface area contributed by atoms with Crippen LogP contribution in [-0.2, 0) is 11.8 Å². The summed E-state index contributed by atoms with van der Waals surface area (Å²) in [5, 5.41) is 11.6. The van der Waals surface area contributed by atoms with Gasteiger partial charge in [-0.2, -0.15) is 0 Å². The van der Waals surface area contributed by atoms with Crippen molar-refractivity contribution in [2.75, 3.05) is 6.54 Å². The van der Waals surface area contributed by atoms with E-state index in [9.17, 15) is 5.11 Å². The molecule has 2 aliphatic carbocycles. The van der Waals surface area contributed by atoms with Crippen molar-refractivity contribution in [2.24, 2.45) is 11.7 Å². The van der Waals surface area contributed by atoms with Gasteiger partial charge in [0, 0.05) is 12.0 Å². The highest BCUT2D eigenvalue weighted by Crippen LogP contribution is 2.50. The first-order chi connectivity index (χ1) is 10.1. The van der Waals surface area contributed by atoms with E-state index in [4.69, 9.17) is 5.73 Å². The summed E-state index contributed by atoms with van der Waals surface area (Å²) in [7, 11) is 0. The second-order valence-electron chi connectivity index (χ2n) is 7.36. The Kier molecular flexibility index (Phi) is 4.11. The van der Waals surface area contributed by atoms with Crippen molar-refractivity contribution in [1.29, 1.82) is 0 Å². The van der Waals surface area contributed by atoms with Crippen LogP contribution in [-0.4, -0.2) is 17.3 Å². The fourth-order valence-electron chi connectivity index (χ4n) is 4.78. The number of benzene rings is 1. The molecule has 0 bridgehead atoms. The molecule has 2 nitrogen and oxygen atoms in total. The third-order valence-corrected chi connectivity index (χ3v) is 6.16. The van der Waals surface area contributed by atoms with Gasteiger partial charge in [0.1, 0.15) is 0 Å². The normalized spacial score (nSPS) is 36.8. The van der Waals surface area contributed by atoms with Crippen molar-refractivity contribution in [3.63, 3.8) is 0 Å². The van der Waals surface area contributed by atoms with Crippen LogP contribution < -0.4 is 5.73 Å². The molecule has 3 N–H and O–H groups in total. The summed E-state index contributed by atoms with van der Waals surface area (Å²) in [6.07, 6.45) is 8.61. The first-order valence-electron chi connectivity index (χ1n) is 8.62. The fourth-order valence-corrected chi connectivity index (χ4v) is 4.78. The van der Waals surface area contributed by atoms with Crippen LogP contribution >= 0.6 is 0 Å². The van der Waals surface area contributed by atoms with E-state index in [-0.39, 0.29) is 5.41 Å². The van der Waals surface area contributed by atoms with Gasteiger partial charge in [0.25, 0.3) is 0 Å². The van der Waals surface area contributed by atoms with E-state index in [0.717, 1.165) is 50.9 Å². The molecule has 0 amide bonds. The summed E-state index contributed by atoms with van der Waals surface area (Å²) >= 11 is 0. The molecular weight excluding hydrogens is 258 g/mol. The molecule has 3 rings (SSSR count).